The smallest absolute Gasteiger partial charge is 0.355 e. The third-order valence-corrected chi connectivity index (χ3v) is 3.19. The fraction of sp³-hybridized carbons (Fsp3) is 0.600. The van der Waals surface area contributed by atoms with Crippen molar-refractivity contribution in [3.05, 3.63) is 16.1 Å². The summed E-state index contributed by atoms with van der Waals surface area (Å²) in [6.07, 6.45) is -4.13. The predicted molar refractivity (Wildman–Crippen MR) is 69.3 cm³/mol. The summed E-state index contributed by atoms with van der Waals surface area (Å²) in [7, 11) is 0. The van der Waals surface area contributed by atoms with E-state index in [-0.39, 0.29) is 43.7 Å². The largest absolute Gasteiger partial charge is 0.434 e. The van der Waals surface area contributed by atoms with Gasteiger partial charge in [0.1, 0.15) is 0 Å². The highest BCUT2D eigenvalue weighted by atomic mass is 35.5. The second-order valence-electron chi connectivity index (χ2n) is 3.80. The Hall–Kier alpha value is -0.860. The number of nitrogens with zero attached hydrogens (tertiary/aromatic N) is 1. The number of hydrogen-bond acceptors (Lipinski definition) is 4. The van der Waals surface area contributed by atoms with Gasteiger partial charge in [0.15, 0.2) is 5.69 Å². The van der Waals surface area contributed by atoms with E-state index < -0.39 is 11.9 Å². The quantitative estimate of drug-likeness (QED) is 0.870. The number of rotatable bonds is 5. The van der Waals surface area contributed by atoms with Crippen molar-refractivity contribution < 1.29 is 18.0 Å². The number of hydrogen-bond donors (Lipinski definition) is 2. The van der Waals surface area contributed by atoms with Gasteiger partial charge in [0.25, 0.3) is 0 Å². The zero-order valence-corrected chi connectivity index (χ0v) is 11.8. The third-order valence-electron chi connectivity index (χ3n) is 2.28. The standard InChI is InChI=1S/C10H14F3N3OS.ClH/c1-6(4-14)9(17)15-3-2-8-16-7(5-18-8)10(11,12)13;/h5-6H,2-4,14H2,1H3,(H,15,17);1H. The first-order valence-corrected chi connectivity index (χ1v) is 6.22. The normalized spacial score (nSPS) is 12.7. The van der Waals surface area contributed by atoms with Crippen LogP contribution in [0.3, 0.4) is 0 Å². The number of nitrogens with one attached hydrogen (secondary N) is 1. The Morgan fingerprint density at radius 3 is 2.68 bits per heavy atom. The van der Waals surface area contributed by atoms with Crippen molar-refractivity contribution >= 4 is 29.7 Å². The monoisotopic (exact) mass is 317 g/mol. The lowest BCUT2D eigenvalue weighted by molar-refractivity contribution is -0.140. The topological polar surface area (TPSA) is 68.0 Å². The van der Waals surface area contributed by atoms with Crippen LogP contribution in [0.1, 0.15) is 17.6 Å². The SMILES string of the molecule is CC(CN)C(=O)NCCc1nc(C(F)(F)F)cs1.Cl. The van der Waals surface area contributed by atoms with Crippen LogP contribution in [0.4, 0.5) is 13.2 Å². The van der Waals surface area contributed by atoms with Gasteiger partial charge in [-0.1, -0.05) is 6.92 Å². The highest BCUT2D eigenvalue weighted by molar-refractivity contribution is 7.09. The Balaban J connectivity index is 0.00000324. The molecule has 0 aliphatic heterocycles. The molecule has 1 aromatic heterocycles. The number of alkyl halides is 3. The van der Waals surface area contributed by atoms with Crippen molar-refractivity contribution in [2.45, 2.75) is 19.5 Å². The first kappa shape index (κ1) is 18.1. The van der Waals surface area contributed by atoms with Crippen LogP contribution in [0.15, 0.2) is 5.38 Å². The molecule has 0 saturated carbocycles. The number of amides is 1. The summed E-state index contributed by atoms with van der Waals surface area (Å²) in [6, 6.07) is 0. The molecule has 0 aliphatic rings. The molecule has 1 rings (SSSR count). The van der Waals surface area contributed by atoms with Crippen molar-refractivity contribution in [1.29, 1.82) is 0 Å². The Morgan fingerprint density at radius 2 is 2.21 bits per heavy atom. The molecule has 9 heteroatoms. The summed E-state index contributed by atoms with van der Waals surface area (Å²) in [4.78, 5) is 14.8. The van der Waals surface area contributed by atoms with Crippen LogP contribution in [0.2, 0.25) is 0 Å². The van der Waals surface area contributed by atoms with Gasteiger partial charge >= 0.3 is 6.18 Å². The first-order valence-electron chi connectivity index (χ1n) is 5.34. The van der Waals surface area contributed by atoms with Gasteiger partial charge in [0.2, 0.25) is 5.91 Å². The van der Waals surface area contributed by atoms with E-state index in [1.807, 2.05) is 0 Å². The molecule has 1 heterocycles. The van der Waals surface area contributed by atoms with E-state index in [4.69, 9.17) is 5.73 Å². The molecular weight excluding hydrogens is 303 g/mol. The van der Waals surface area contributed by atoms with Crippen LogP contribution in [0.5, 0.6) is 0 Å². The molecule has 1 amide bonds. The summed E-state index contributed by atoms with van der Waals surface area (Å²) < 4.78 is 36.8. The Bertz CT molecular complexity index is 411. The molecule has 3 N–H and O–H groups in total. The first-order chi connectivity index (χ1) is 8.34. The molecular formula is C10H15ClF3N3OS. The van der Waals surface area contributed by atoms with Gasteiger partial charge in [0, 0.05) is 30.8 Å². The lowest BCUT2D eigenvalue weighted by Crippen LogP contribution is -2.34. The number of nitrogens with two attached hydrogens (primary N) is 1. The van der Waals surface area contributed by atoms with Gasteiger partial charge in [-0.25, -0.2) is 4.98 Å². The van der Waals surface area contributed by atoms with Crippen LogP contribution in [0, 0.1) is 5.92 Å². The van der Waals surface area contributed by atoms with E-state index in [2.05, 4.69) is 10.3 Å². The number of aromatic nitrogens is 1. The average Bonchev–Trinajstić information content (AvgIpc) is 2.76. The van der Waals surface area contributed by atoms with E-state index in [9.17, 15) is 18.0 Å². The van der Waals surface area contributed by atoms with Gasteiger partial charge in [-0.3, -0.25) is 4.79 Å². The maximum Gasteiger partial charge on any atom is 0.434 e. The Morgan fingerprint density at radius 1 is 1.58 bits per heavy atom. The zero-order chi connectivity index (χ0) is 13.8. The molecule has 0 bridgehead atoms. The van der Waals surface area contributed by atoms with E-state index in [0.717, 1.165) is 16.7 Å². The highest BCUT2D eigenvalue weighted by Gasteiger charge is 2.33. The molecule has 0 saturated heterocycles. The molecule has 19 heavy (non-hydrogen) atoms. The molecule has 0 aromatic carbocycles. The molecule has 1 atom stereocenters. The van der Waals surface area contributed by atoms with Gasteiger partial charge in [-0.05, 0) is 0 Å². The van der Waals surface area contributed by atoms with Crippen LogP contribution < -0.4 is 11.1 Å². The van der Waals surface area contributed by atoms with Crippen LogP contribution >= 0.6 is 23.7 Å². The minimum Gasteiger partial charge on any atom is -0.355 e. The molecule has 0 fully saturated rings. The Kier molecular flexibility index (Phi) is 7.32. The maximum atomic E-state index is 12.3. The van der Waals surface area contributed by atoms with Gasteiger partial charge < -0.3 is 11.1 Å². The van der Waals surface area contributed by atoms with Gasteiger partial charge in [0.05, 0.1) is 5.01 Å². The molecule has 110 valence electrons. The van der Waals surface area contributed by atoms with Crippen LogP contribution in [-0.4, -0.2) is 24.0 Å². The Labute approximate surface area is 119 Å². The van der Waals surface area contributed by atoms with Crippen LogP contribution in [0.25, 0.3) is 0 Å². The van der Waals surface area contributed by atoms with E-state index >= 15 is 0 Å². The summed E-state index contributed by atoms with van der Waals surface area (Å²) in [6.45, 7) is 2.18. The summed E-state index contributed by atoms with van der Waals surface area (Å²) in [5.41, 5.74) is 4.43. The minimum atomic E-state index is -4.41. The number of halogens is 4. The van der Waals surface area contributed by atoms with Crippen molar-refractivity contribution in [2.75, 3.05) is 13.1 Å². The predicted octanol–water partition coefficient (Wildman–Crippen LogP) is 1.84. The van der Waals surface area contributed by atoms with Crippen molar-refractivity contribution in [2.24, 2.45) is 11.7 Å². The maximum absolute atomic E-state index is 12.3. The third kappa shape index (κ3) is 5.75. The van der Waals surface area contributed by atoms with Gasteiger partial charge in [-0.2, -0.15) is 13.2 Å². The fourth-order valence-corrected chi connectivity index (χ4v) is 1.93. The van der Waals surface area contributed by atoms with Crippen molar-refractivity contribution in [3.8, 4) is 0 Å². The van der Waals surface area contributed by atoms with E-state index in [1.165, 1.54) is 0 Å². The van der Waals surface area contributed by atoms with Crippen molar-refractivity contribution in [1.82, 2.24) is 10.3 Å². The molecule has 1 aromatic rings. The zero-order valence-electron chi connectivity index (χ0n) is 10.2. The molecule has 0 spiro atoms. The van der Waals surface area contributed by atoms with Crippen molar-refractivity contribution in [3.63, 3.8) is 0 Å². The molecule has 1 unspecified atom stereocenters. The molecule has 4 nitrogen and oxygen atoms in total. The van der Waals surface area contributed by atoms with Gasteiger partial charge in [-0.15, -0.1) is 23.7 Å². The second-order valence-corrected chi connectivity index (χ2v) is 4.74. The molecule has 0 radical (unpaired) electrons. The molecule has 0 aliphatic carbocycles. The lowest BCUT2D eigenvalue weighted by atomic mass is 10.2. The highest BCUT2D eigenvalue weighted by Crippen LogP contribution is 2.29. The summed E-state index contributed by atoms with van der Waals surface area (Å²) in [5.74, 6) is -0.503. The summed E-state index contributed by atoms with van der Waals surface area (Å²) in [5, 5.41) is 3.92. The number of carbonyl (C=O) groups excluding carboxylic acids is 1. The van der Waals surface area contributed by atoms with E-state index in [0.29, 0.717) is 5.01 Å². The number of thiazole rings is 1. The average molecular weight is 318 g/mol. The second kappa shape index (κ2) is 7.66. The summed E-state index contributed by atoms with van der Waals surface area (Å²) >= 11 is 0.935. The lowest BCUT2D eigenvalue weighted by Gasteiger charge is -2.08. The number of carbonyl (C=O) groups is 1. The fourth-order valence-electron chi connectivity index (χ4n) is 1.13. The van der Waals surface area contributed by atoms with Crippen LogP contribution in [-0.2, 0) is 17.4 Å². The minimum absolute atomic E-state index is 0. The van der Waals surface area contributed by atoms with E-state index in [1.54, 1.807) is 6.92 Å².